The van der Waals surface area contributed by atoms with Gasteiger partial charge >= 0.3 is 0 Å². The SMILES string of the molecule is NC(N)=NC(=O)c1cccc2[nH]c3c(c12)CNC=C3. The molecule has 96 valence electrons. The molecule has 0 radical (unpaired) electrons. The van der Waals surface area contributed by atoms with Crippen LogP contribution in [0.25, 0.3) is 17.0 Å². The van der Waals surface area contributed by atoms with E-state index in [9.17, 15) is 4.79 Å². The Hall–Kier alpha value is -2.76. The lowest BCUT2D eigenvalue weighted by Crippen LogP contribution is -2.24. The number of guanidine groups is 1. The van der Waals surface area contributed by atoms with Gasteiger partial charge in [0, 0.05) is 28.7 Å². The van der Waals surface area contributed by atoms with Crippen LogP contribution in [0.1, 0.15) is 21.6 Å². The van der Waals surface area contributed by atoms with Crippen molar-refractivity contribution in [1.29, 1.82) is 0 Å². The minimum Gasteiger partial charge on any atom is -0.387 e. The number of nitrogens with one attached hydrogen (secondary N) is 2. The van der Waals surface area contributed by atoms with Crippen LogP contribution in [0.15, 0.2) is 29.4 Å². The number of carbonyl (C=O) groups is 1. The molecule has 2 aromatic rings. The van der Waals surface area contributed by atoms with Crippen LogP contribution in [-0.2, 0) is 6.54 Å². The molecule has 3 rings (SSSR count). The maximum absolute atomic E-state index is 12.1. The standard InChI is InChI=1S/C13H13N5O/c14-13(15)18-12(19)7-2-1-3-10-11(7)8-6-16-5-4-9(8)17-10/h1-5,16-17H,6H2,(H4,14,15,18,19). The van der Waals surface area contributed by atoms with Crippen molar-refractivity contribution in [3.05, 3.63) is 41.2 Å². The molecule has 1 aliphatic rings. The molecule has 0 aliphatic carbocycles. The summed E-state index contributed by atoms with van der Waals surface area (Å²) < 4.78 is 0. The molecule has 6 heteroatoms. The number of amides is 1. The number of nitrogens with zero attached hydrogens (tertiary/aromatic N) is 1. The lowest BCUT2D eigenvalue weighted by molar-refractivity contribution is 0.100. The van der Waals surface area contributed by atoms with Gasteiger partial charge in [0.15, 0.2) is 5.96 Å². The third kappa shape index (κ3) is 1.83. The largest absolute Gasteiger partial charge is 0.387 e. The zero-order valence-corrected chi connectivity index (χ0v) is 10.1. The lowest BCUT2D eigenvalue weighted by atomic mass is 10.0. The number of aliphatic imine (C=N–C) groups is 1. The summed E-state index contributed by atoms with van der Waals surface area (Å²) in [6.45, 7) is 0.665. The van der Waals surface area contributed by atoms with E-state index in [1.54, 1.807) is 12.1 Å². The van der Waals surface area contributed by atoms with Gasteiger partial charge in [0.1, 0.15) is 0 Å². The summed E-state index contributed by atoms with van der Waals surface area (Å²) in [6.07, 6.45) is 3.81. The minimum atomic E-state index is -0.429. The number of benzene rings is 1. The predicted octanol–water partition coefficient (Wildman–Crippen LogP) is 0.655. The van der Waals surface area contributed by atoms with Crippen LogP contribution in [0.5, 0.6) is 0 Å². The molecule has 19 heavy (non-hydrogen) atoms. The molecule has 2 heterocycles. The summed E-state index contributed by atoms with van der Waals surface area (Å²) in [5, 5.41) is 3.99. The highest BCUT2D eigenvalue weighted by molar-refractivity contribution is 6.11. The molecule has 0 fully saturated rings. The Morgan fingerprint density at radius 1 is 1.32 bits per heavy atom. The fraction of sp³-hybridized carbons (Fsp3) is 0.0769. The van der Waals surface area contributed by atoms with E-state index in [1.165, 1.54) is 0 Å². The number of H-pyrrole nitrogens is 1. The summed E-state index contributed by atoms with van der Waals surface area (Å²) in [5.74, 6) is -0.661. The molecule has 1 aromatic heterocycles. The van der Waals surface area contributed by atoms with Gasteiger partial charge in [-0.15, -0.1) is 0 Å². The van der Waals surface area contributed by atoms with Crippen molar-refractivity contribution in [3.8, 4) is 0 Å². The van der Waals surface area contributed by atoms with Gasteiger partial charge in [-0.25, -0.2) is 0 Å². The first kappa shape index (κ1) is 11.3. The van der Waals surface area contributed by atoms with Crippen molar-refractivity contribution >= 4 is 28.8 Å². The molecule has 0 spiro atoms. The normalized spacial score (nSPS) is 12.8. The molecule has 0 unspecified atom stereocenters. The number of carbonyl (C=O) groups excluding carboxylic acids is 1. The molecule has 0 bridgehead atoms. The molecule has 0 saturated carbocycles. The van der Waals surface area contributed by atoms with Gasteiger partial charge < -0.3 is 21.8 Å². The molecule has 1 aliphatic heterocycles. The minimum absolute atomic E-state index is 0.232. The number of fused-ring (bicyclic) bond motifs is 3. The zero-order valence-electron chi connectivity index (χ0n) is 10.1. The second-order valence-electron chi connectivity index (χ2n) is 4.30. The summed E-state index contributed by atoms with van der Waals surface area (Å²) >= 11 is 0. The van der Waals surface area contributed by atoms with Crippen LogP contribution in [-0.4, -0.2) is 16.9 Å². The summed E-state index contributed by atoms with van der Waals surface area (Å²) in [4.78, 5) is 18.9. The van der Waals surface area contributed by atoms with Crippen molar-refractivity contribution in [1.82, 2.24) is 10.3 Å². The van der Waals surface area contributed by atoms with E-state index in [-0.39, 0.29) is 5.96 Å². The fourth-order valence-corrected chi connectivity index (χ4v) is 2.32. The van der Waals surface area contributed by atoms with Crippen LogP contribution >= 0.6 is 0 Å². The zero-order chi connectivity index (χ0) is 13.4. The van der Waals surface area contributed by atoms with Gasteiger partial charge in [-0.1, -0.05) is 6.07 Å². The van der Waals surface area contributed by atoms with E-state index in [0.29, 0.717) is 12.1 Å². The number of hydrogen-bond acceptors (Lipinski definition) is 2. The average Bonchev–Trinajstić information content (AvgIpc) is 2.76. The Kier molecular flexibility index (Phi) is 2.49. The molecule has 6 nitrogen and oxygen atoms in total. The van der Waals surface area contributed by atoms with E-state index in [2.05, 4.69) is 15.3 Å². The van der Waals surface area contributed by atoms with Crippen LogP contribution < -0.4 is 16.8 Å². The van der Waals surface area contributed by atoms with Crippen LogP contribution in [0.3, 0.4) is 0 Å². The maximum atomic E-state index is 12.1. The van der Waals surface area contributed by atoms with E-state index >= 15 is 0 Å². The Morgan fingerprint density at radius 3 is 2.95 bits per heavy atom. The van der Waals surface area contributed by atoms with Crippen molar-refractivity contribution in [2.45, 2.75) is 6.54 Å². The van der Waals surface area contributed by atoms with E-state index in [4.69, 9.17) is 11.5 Å². The van der Waals surface area contributed by atoms with Crippen molar-refractivity contribution in [2.24, 2.45) is 16.5 Å². The Balaban J connectivity index is 2.26. The van der Waals surface area contributed by atoms with Crippen LogP contribution in [0.4, 0.5) is 0 Å². The third-order valence-corrected chi connectivity index (χ3v) is 3.07. The van der Waals surface area contributed by atoms with Gasteiger partial charge in [-0.05, 0) is 24.4 Å². The number of aromatic nitrogens is 1. The first-order valence-corrected chi connectivity index (χ1v) is 5.84. The van der Waals surface area contributed by atoms with Crippen LogP contribution in [0.2, 0.25) is 0 Å². The predicted molar refractivity (Wildman–Crippen MR) is 74.3 cm³/mol. The van der Waals surface area contributed by atoms with Crippen molar-refractivity contribution in [2.75, 3.05) is 0 Å². The molecule has 0 atom stereocenters. The molecule has 1 amide bonds. The highest BCUT2D eigenvalue weighted by Gasteiger charge is 2.18. The maximum Gasteiger partial charge on any atom is 0.280 e. The van der Waals surface area contributed by atoms with Gasteiger partial charge in [0.2, 0.25) is 0 Å². The first-order chi connectivity index (χ1) is 9.16. The molecule has 6 N–H and O–H groups in total. The van der Waals surface area contributed by atoms with Crippen molar-refractivity contribution < 1.29 is 4.79 Å². The summed E-state index contributed by atoms with van der Waals surface area (Å²) in [6, 6.07) is 5.45. The Morgan fingerprint density at radius 2 is 2.16 bits per heavy atom. The Labute approximate surface area is 109 Å². The number of aromatic amines is 1. The molecular formula is C13H13N5O. The highest BCUT2D eigenvalue weighted by atomic mass is 16.1. The highest BCUT2D eigenvalue weighted by Crippen LogP contribution is 2.28. The topological polar surface area (TPSA) is 109 Å². The smallest absolute Gasteiger partial charge is 0.280 e. The summed E-state index contributed by atoms with van der Waals surface area (Å²) in [7, 11) is 0. The number of nitrogens with two attached hydrogens (primary N) is 2. The van der Waals surface area contributed by atoms with Gasteiger partial charge in [-0.2, -0.15) is 4.99 Å². The number of rotatable bonds is 1. The Bertz CT molecular complexity index is 722. The fourth-order valence-electron chi connectivity index (χ4n) is 2.32. The van der Waals surface area contributed by atoms with Crippen LogP contribution in [0, 0.1) is 0 Å². The monoisotopic (exact) mass is 255 g/mol. The van der Waals surface area contributed by atoms with Gasteiger partial charge in [0.05, 0.1) is 5.56 Å². The summed E-state index contributed by atoms with van der Waals surface area (Å²) in [5.41, 5.74) is 14.0. The van der Waals surface area contributed by atoms with E-state index in [0.717, 1.165) is 22.2 Å². The quantitative estimate of drug-likeness (QED) is 0.443. The van der Waals surface area contributed by atoms with E-state index in [1.807, 2.05) is 18.3 Å². The second-order valence-corrected chi connectivity index (χ2v) is 4.30. The first-order valence-electron chi connectivity index (χ1n) is 5.84. The van der Waals surface area contributed by atoms with Crippen molar-refractivity contribution in [3.63, 3.8) is 0 Å². The van der Waals surface area contributed by atoms with Gasteiger partial charge in [-0.3, -0.25) is 4.79 Å². The lowest BCUT2D eigenvalue weighted by Gasteiger charge is -2.08. The number of hydrogen-bond donors (Lipinski definition) is 4. The molecular weight excluding hydrogens is 242 g/mol. The third-order valence-electron chi connectivity index (χ3n) is 3.07. The molecule has 0 saturated heterocycles. The van der Waals surface area contributed by atoms with Gasteiger partial charge in [0.25, 0.3) is 5.91 Å². The molecule has 1 aromatic carbocycles. The van der Waals surface area contributed by atoms with E-state index < -0.39 is 5.91 Å². The average molecular weight is 255 g/mol. The second kappa shape index (κ2) is 4.16.